The van der Waals surface area contributed by atoms with E-state index in [1.165, 1.54) is 0 Å². The SMILES string of the molecule is CCCOCCc1nc(C(C)(N)COCCC)no1. The molecular formula is C13H25N3O3. The molecule has 0 saturated carbocycles. The van der Waals surface area contributed by atoms with Gasteiger partial charge in [0.1, 0.15) is 5.54 Å². The molecule has 0 fully saturated rings. The molecule has 6 heteroatoms. The molecule has 0 aliphatic carbocycles. The van der Waals surface area contributed by atoms with E-state index < -0.39 is 5.54 Å². The summed E-state index contributed by atoms with van der Waals surface area (Å²) in [6.45, 7) is 8.36. The van der Waals surface area contributed by atoms with Crippen LogP contribution in [0.2, 0.25) is 0 Å². The van der Waals surface area contributed by atoms with Crippen LogP contribution in [0, 0.1) is 0 Å². The minimum atomic E-state index is -0.721. The molecule has 1 rings (SSSR count). The van der Waals surface area contributed by atoms with Crippen molar-refractivity contribution in [3.8, 4) is 0 Å². The lowest BCUT2D eigenvalue weighted by atomic mass is 10.1. The van der Waals surface area contributed by atoms with E-state index in [-0.39, 0.29) is 0 Å². The average molecular weight is 271 g/mol. The molecule has 0 aliphatic rings. The molecule has 0 aromatic carbocycles. The third-order valence-corrected chi connectivity index (χ3v) is 2.54. The van der Waals surface area contributed by atoms with Gasteiger partial charge in [0, 0.05) is 13.2 Å². The third kappa shape index (κ3) is 5.67. The summed E-state index contributed by atoms with van der Waals surface area (Å²) < 4.78 is 16.0. The molecule has 0 aliphatic heterocycles. The normalized spacial score (nSPS) is 14.5. The minimum absolute atomic E-state index is 0.381. The van der Waals surface area contributed by atoms with Gasteiger partial charge in [0.2, 0.25) is 5.89 Å². The zero-order valence-electron chi connectivity index (χ0n) is 12.1. The average Bonchev–Trinajstić information content (AvgIpc) is 2.84. The van der Waals surface area contributed by atoms with Gasteiger partial charge in [-0.15, -0.1) is 0 Å². The molecule has 1 atom stereocenters. The van der Waals surface area contributed by atoms with Gasteiger partial charge in [-0.2, -0.15) is 4.98 Å². The molecule has 110 valence electrons. The van der Waals surface area contributed by atoms with Crippen LogP contribution in [0.1, 0.15) is 45.3 Å². The molecule has 1 aromatic heterocycles. The summed E-state index contributed by atoms with van der Waals surface area (Å²) in [6, 6.07) is 0. The lowest BCUT2D eigenvalue weighted by molar-refractivity contribution is 0.0867. The van der Waals surface area contributed by atoms with Crippen LogP contribution < -0.4 is 5.73 Å². The van der Waals surface area contributed by atoms with Crippen molar-refractivity contribution >= 4 is 0 Å². The fourth-order valence-electron chi connectivity index (χ4n) is 1.49. The molecule has 6 nitrogen and oxygen atoms in total. The Morgan fingerprint density at radius 2 is 1.84 bits per heavy atom. The minimum Gasteiger partial charge on any atom is -0.381 e. The van der Waals surface area contributed by atoms with E-state index in [4.69, 9.17) is 19.7 Å². The Kier molecular flexibility index (Phi) is 6.97. The first-order valence-electron chi connectivity index (χ1n) is 6.87. The third-order valence-electron chi connectivity index (χ3n) is 2.54. The fourth-order valence-corrected chi connectivity index (χ4v) is 1.49. The predicted octanol–water partition coefficient (Wildman–Crippen LogP) is 1.64. The van der Waals surface area contributed by atoms with Crippen molar-refractivity contribution < 1.29 is 14.0 Å². The van der Waals surface area contributed by atoms with Gasteiger partial charge in [0.15, 0.2) is 5.82 Å². The maximum absolute atomic E-state index is 6.13. The van der Waals surface area contributed by atoms with Gasteiger partial charge in [-0.1, -0.05) is 19.0 Å². The molecular weight excluding hydrogens is 246 g/mol. The highest BCUT2D eigenvalue weighted by molar-refractivity contribution is 5.01. The van der Waals surface area contributed by atoms with Crippen LogP contribution in [0.4, 0.5) is 0 Å². The first-order valence-corrected chi connectivity index (χ1v) is 6.87. The van der Waals surface area contributed by atoms with Crippen molar-refractivity contribution in [2.45, 2.75) is 45.6 Å². The Balaban J connectivity index is 2.43. The second-order valence-corrected chi connectivity index (χ2v) is 4.84. The first-order chi connectivity index (χ1) is 9.10. The number of aromatic nitrogens is 2. The van der Waals surface area contributed by atoms with Crippen molar-refractivity contribution in [2.24, 2.45) is 5.73 Å². The van der Waals surface area contributed by atoms with E-state index in [1.807, 2.05) is 6.92 Å². The summed E-state index contributed by atoms with van der Waals surface area (Å²) in [6.07, 6.45) is 2.58. The standard InChI is InChI=1S/C13H25N3O3/c1-4-7-17-9-6-11-15-12(16-19-11)13(3,14)10-18-8-5-2/h4-10,14H2,1-3H3. The van der Waals surface area contributed by atoms with E-state index in [9.17, 15) is 0 Å². The summed E-state index contributed by atoms with van der Waals surface area (Å²) in [4.78, 5) is 4.30. The summed E-state index contributed by atoms with van der Waals surface area (Å²) >= 11 is 0. The van der Waals surface area contributed by atoms with Crippen molar-refractivity contribution in [1.29, 1.82) is 0 Å². The van der Waals surface area contributed by atoms with Crippen LogP contribution in [0.15, 0.2) is 4.52 Å². The Morgan fingerprint density at radius 3 is 2.53 bits per heavy atom. The lowest BCUT2D eigenvalue weighted by Gasteiger charge is -2.19. The zero-order chi connectivity index (χ0) is 14.1. The second-order valence-electron chi connectivity index (χ2n) is 4.84. The maximum atomic E-state index is 6.13. The summed E-state index contributed by atoms with van der Waals surface area (Å²) in [5.41, 5.74) is 5.41. The summed E-state index contributed by atoms with van der Waals surface area (Å²) in [7, 11) is 0. The molecule has 19 heavy (non-hydrogen) atoms. The molecule has 1 heterocycles. The van der Waals surface area contributed by atoms with Crippen LogP contribution in [-0.4, -0.2) is 36.6 Å². The molecule has 0 saturated heterocycles. The van der Waals surface area contributed by atoms with Crippen LogP contribution in [0.3, 0.4) is 0 Å². The van der Waals surface area contributed by atoms with Gasteiger partial charge >= 0.3 is 0 Å². The predicted molar refractivity (Wildman–Crippen MR) is 71.8 cm³/mol. The monoisotopic (exact) mass is 271 g/mol. The zero-order valence-corrected chi connectivity index (χ0v) is 12.1. The first kappa shape index (κ1) is 16.1. The quantitative estimate of drug-likeness (QED) is 0.651. The molecule has 2 N–H and O–H groups in total. The van der Waals surface area contributed by atoms with E-state index in [0.717, 1.165) is 19.4 Å². The molecule has 0 radical (unpaired) electrons. The van der Waals surface area contributed by atoms with Gasteiger partial charge in [0.05, 0.1) is 19.6 Å². The van der Waals surface area contributed by atoms with Gasteiger partial charge in [-0.05, 0) is 19.8 Å². The molecule has 1 unspecified atom stereocenters. The maximum Gasteiger partial charge on any atom is 0.229 e. The number of hydrogen-bond acceptors (Lipinski definition) is 6. The van der Waals surface area contributed by atoms with E-state index >= 15 is 0 Å². The van der Waals surface area contributed by atoms with Crippen LogP contribution in [-0.2, 0) is 21.4 Å². The molecule has 0 spiro atoms. The molecule has 0 amide bonds. The van der Waals surface area contributed by atoms with Crippen molar-refractivity contribution in [3.05, 3.63) is 11.7 Å². The number of nitrogens with zero attached hydrogens (tertiary/aromatic N) is 2. The van der Waals surface area contributed by atoms with Crippen molar-refractivity contribution in [1.82, 2.24) is 10.1 Å². The van der Waals surface area contributed by atoms with Crippen molar-refractivity contribution in [3.63, 3.8) is 0 Å². The topological polar surface area (TPSA) is 83.4 Å². The van der Waals surface area contributed by atoms with Gasteiger partial charge in [0.25, 0.3) is 0 Å². The van der Waals surface area contributed by atoms with E-state index in [1.54, 1.807) is 0 Å². The van der Waals surface area contributed by atoms with Gasteiger partial charge < -0.3 is 19.7 Å². The highest BCUT2D eigenvalue weighted by atomic mass is 16.5. The van der Waals surface area contributed by atoms with E-state index in [0.29, 0.717) is 38.0 Å². The summed E-state index contributed by atoms with van der Waals surface area (Å²) in [5.74, 6) is 1.03. The van der Waals surface area contributed by atoms with Crippen LogP contribution in [0.5, 0.6) is 0 Å². The van der Waals surface area contributed by atoms with Gasteiger partial charge in [-0.25, -0.2) is 0 Å². The number of ether oxygens (including phenoxy) is 2. The highest BCUT2D eigenvalue weighted by Crippen LogP contribution is 2.15. The Hall–Kier alpha value is -0.980. The van der Waals surface area contributed by atoms with Crippen molar-refractivity contribution in [2.75, 3.05) is 26.4 Å². The van der Waals surface area contributed by atoms with Crippen LogP contribution in [0.25, 0.3) is 0 Å². The smallest absolute Gasteiger partial charge is 0.229 e. The van der Waals surface area contributed by atoms with Crippen LogP contribution >= 0.6 is 0 Å². The molecule has 1 aromatic rings. The molecule has 0 bridgehead atoms. The Morgan fingerprint density at radius 1 is 1.16 bits per heavy atom. The Bertz CT molecular complexity index is 353. The summed E-state index contributed by atoms with van der Waals surface area (Å²) in [5, 5.41) is 3.92. The van der Waals surface area contributed by atoms with Gasteiger partial charge in [-0.3, -0.25) is 0 Å². The van der Waals surface area contributed by atoms with E-state index in [2.05, 4.69) is 24.0 Å². The second kappa shape index (κ2) is 8.24. The largest absolute Gasteiger partial charge is 0.381 e. The Labute approximate surface area is 114 Å². The lowest BCUT2D eigenvalue weighted by Crippen LogP contribution is -2.39. The number of rotatable bonds is 10. The number of nitrogens with two attached hydrogens (primary N) is 1. The highest BCUT2D eigenvalue weighted by Gasteiger charge is 2.27. The fraction of sp³-hybridized carbons (Fsp3) is 0.846. The number of hydrogen-bond donors (Lipinski definition) is 1.